The lowest BCUT2D eigenvalue weighted by molar-refractivity contribution is -0.137. The minimum Gasteiger partial charge on any atom is -0.480 e. The standard InChI is InChI=1S/C10H18O4S2/c11-9(12)7(15)5-3-1-2-4-6-8(16)10(13)14/h7-8,15-16H,1-6H2,(H,11,12)(H,13,14). The Morgan fingerprint density at radius 1 is 0.812 bits per heavy atom. The Morgan fingerprint density at radius 3 is 1.38 bits per heavy atom. The number of aliphatic carboxylic acids is 2. The molecule has 0 amide bonds. The summed E-state index contributed by atoms with van der Waals surface area (Å²) in [5.74, 6) is -1.77. The van der Waals surface area contributed by atoms with Crippen LogP contribution in [-0.4, -0.2) is 32.7 Å². The number of hydrogen-bond acceptors (Lipinski definition) is 4. The van der Waals surface area contributed by atoms with Crippen LogP contribution in [0, 0.1) is 0 Å². The predicted octanol–water partition coefficient (Wildman–Crippen LogP) is 2.09. The molecule has 0 aromatic heterocycles. The van der Waals surface area contributed by atoms with Gasteiger partial charge in [0.05, 0.1) is 10.5 Å². The predicted molar refractivity (Wildman–Crippen MR) is 68.5 cm³/mol. The van der Waals surface area contributed by atoms with Gasteiger partial charge < -0.3 is 10.2 Å². The minimum absolute atomic E-state index is 0.557. The van der Waals surface area contributed by atoms with Crippen LogP contribution in [0.1, 0.15) is 38.5 Å². The summed E-state index contributed by atoms with van der Waals surface area (Å²) >= 11 is 7.84. The van der Waals surface area contributed by atoms with E-state index in [1.807, 2.05) is 0 Å². The van der Waals surface area contributed by atoms with E-state index in [1.165, 1.54) is 0 Å². The van der Waals surface area contributed by atoms with Gasteiger partial charge >= 0.3 is 11.9 Å². The van der Waals surface area contributed by atoms with Gasteiger partial charge in [0.1, 0.15) is 0 Å². The third kappa shape index (κ3) is 7.87. The van der Waals surface area contributed by atoms with E-state index in [9.17, 15) is 9.59 Å². The largest absolute Gasteiger partial charge is 0.480 e. The first-order valence-corrected chi connectivity index (χ1v) is 6.30. The zero-order valence-electron chi connectivity index (χ0n) is 9.00. The van der Waals surface area contributed by atoms with Crippen molar-refractivity contribution in [1.82, 2.24) is 0 Å². The summed E-state index contributed by atoms with van der Waals surface area (Å²) < 4.78 is 0. The number of unbranched alkanes of at least 4 members (excludes halogenated alkanes) is 3. The zero-order valence-corrected chi connectivity index (χ0v) is 10.8. The highest BCUT2D eigenvalue weighted by Crippen LogP contribution is 2.13. The van der Waals surface area contributed by atoms with Gasteiger partial charge in [0.15, 0.2) is 0 Å². The lowest BCUT2D eigenvalue weighted by Gasteiger charge is -2.06. The maximum absolute atomic E-state index is 10.4. The van der Waals surface area contributed by atoms with Crippen LogP contribution in [0.3, 0.4) is 0 Å². The third-order valence-electron chi connectivity index (χ3n) is 2.28. The van der Waals surface area contributed by atoms with E-state index in [4.69, 9.17) is 10.2 Å². The lowest BCUT2D eigenvalue weighted by Crippen LogP contribution is -2.13. The van der Waals surface area contributed by atoms with E-state index in [0.29, 0.717) is 12.8 Å². The molecule has 2 atom stereocenters. The average Bonchev–Trinajstić information content (AvgIpc) is 2.21. The second kappa shape index (κ2) is 8.75. The smallest absolute Gasteiger partial charge is 0.316 e. The number of carbonyl (C=O) groups is 2. The van der Waals surface area contributed by atoms with Crippen molar-refractivity contribution in [2.75, 3.05) is 0 Å². The molecule has 0 saturated carbocycles. The molecule has 0 spiro atoms. The van der Waals surface area contributed by atoms with Crippen LogP contribution >= 0.6 is 25.3 Å². The van der Waals surface area contributed by atoms with Crippen LogP contribution in [0.2, 0.25) is 0 Å². The lowest BCUT2D eigenvalue weighted by atomic mass is 10.1. The van der Waals surface area contributed by atoms with E-state index in [2.05, 4.69) is 25.3 Å². The summed E-state index contributed by atoms with van der Waals surface area (Å²) in [5.41, 5.74) is 0. The molecule has 0 aromatic rings. The van der Waals surface area contributed by atoms with Crippen molar-refractivity contribution in [2.24, 2.45) is 0 Å². The summed E-state index contributed by atoms with van der Waals surface area (Å²) in [4.78, 5) is 20.9. The summed E-state index contributed by atoms with van der Waals surface area (Å²) in [5, 5.41) is 16.0. The van der Waals surface area contributed by atoms with Crippen LogP contribution in [0.5, 0.6) is 0 Å². The highest BCUT2D eigenvalue weighted by atomic mass is 32.1. The molecular formula is C10H18O4S2. The van der Waals surface area contributed by atoms with Gasteiger partial charge in [0.2, 0.25) is 0 Å². The second-order valence-electron chi connectivity index (χ2n) is 3.70. The van der Waals surface area contributed by atoms with Crippen molar-refractivity contribution in [3.63, 3.8) is 0 Å². The topological polar surface area (TPSA) is 74.6 Å². The molecule has 6 heteroatoms. The van der Waals surface area contributed by atoms with Gasteiger partial charge in [0, 0.05) is 0 Å². The Kier molecular flexibility index (Phi) is 8.56. The number of thiol groups is 2. The number of rotatable bonds is 9. The molecule has 2 N–H and O–H groups in total. The van der Waals surface area contributed by atoms with Gasteiger partial charge in [-0.15, -0.1) is 0 Å². The van der Waals surface area contributed by atoms with Gasteiger partial charge in [-0.25, -0.2) is 0 Å². The summed E-state index contributed by atoms with van der Waals surface area (Å²) in [6.45, 7) is 0. The molecular weight excluding hydrogens is 248 g/mol. The van der Waals surface area contributed by atoms with Gasteiger partial charge in [-0.3, -0.25) is 9.59 Å². The maximum Gasteiger partial charge on any atom is 0.316 e. The Hall–Kier alpha value is -0.360. The molecule has 0 aliphatic heterocycles. The van der Waals surface area contributed by atoms with Crippen LogP contribution in [0.4, 0.5) is 0 Å². The molecule has 0 heterocycles. The molecule has 0 saturated heterocycles. The van der Waals surface area contributed by atoms with Gasteiger partial charge in [-0.05, 0) is 12.8 Å². The van der Waals surface area contributed by atoms with Crippen LogP contribution in [0.15, 0.2) is 0 Å². The number of carboxylic acids is 2. The normalized spacial score (nSPS) is 14.4. The summed E-state index contributed by atoms with van der Waals surface area (Å²) in [7, 11) is 0. The van der Waals surface area contributed by atoms with E-state index >= 15 is 0 Å². The molecule has 0 aliphatic carbocycles. The third-order valence-corrected chi connectivity index (χ3v) is 3.23. The van der Waals surface area contributed by atoms with Crippen molar-refractivity contribution in [3.8, 4) is 0 Å². The Bertz CT molecular complexity index is 209. The quantitative estimate of drug-likeness (QED) is 0.381. The van der Waals surface area contributed by atoms with Gasteiger partial charge in [-0.1, -0.05) is 25.7 Å². The van der Waals surface area contributed by atoms with E-state index < -0.39 is 22.4 Å². The molecule has 94 valence electrons. The number of hydrogen-bond donors (Lipinski definition) is 4. The average molecular weight is 266 g/mol. The van der Waals surface area contributed by atoms with E-state index in [1.54, 1.807) is 0 Å². The van der Waals surface area contributed by atoms with Crippen LogP contribution < -0.4 is 0 Å². The molecule has 4 nitrogen and oxygen atoms in total. The molecule has 0 radical (unpaired) electrons. The SMILES string of the molecule is O=C(O)C(S)CCCCCCC(S)C(=O)O. The highest BCUT2D eigenvalue weighted by molar-refractivity contribution is 7.82. The minimum atomic E-state index is -0.885. The Balaban J connectivity index is 3.34. The van der Waals surface area contributed by atoms with Gasteiger partial charge in [-0.2, -0.15) is 25.3 Å². The number of carboxylic acid groups (broad SMARTS) is 2. The van der Waals surface area contributed by atoms with E-state index in [0.717, 1.165) is 25.7 Å². The second-order valence-corrected chi connectivity index (χ2v) is 4.95. The van der Waals surface area contributed by atoms with E-state index in [-0.39, 0.29) is 0 Å². The molecule has 16 heavy (non-hydrogen) atoms. The van der Waals surface area contributed by atoms with Crippen molar-refractivity contribution in [3.05, 3.63) is 0 Å². The molecule has 2 unspecified atom stereocenters. The van der Waals surface area contributed by atoms with Crippen LogP contribution in [0.25, 0.3) is 0 Å². The molecule has 0 bridgehead atoms. The molecule has 0 rings (SSSR count). The zero-order chi connectivity index (χ0) is 12.6. The fourth-order valence-corrected chi connectivity index (χ4v) is 1.64. The monoisotopic (exact) mass is 266 g/mol. The molecule has 0 aliphatic rings. The van der Waals surface area contributed by atoms with Gasteiger partial charge in [0.25, 0.3) is 0 Å². The first kappa shape index (κ1) is 15.6. The molecule has 0 fully saturated rings. The first-order chi connectivity index (χ1) is 7.45. The Morgan fingerprint density at radius 2 is 1.12 bits per heavy atom. The highest BCUT2D eigenvalue weighted by Gasteiger charge is 2.12. The fourth-order valence-electron chi connectivity index (χ4n) is 1.28. The fraction of sp³-hybridized carbons (Fsp3) is 0.800. The Labute approximate surface area is 106 Å². The van der Waals surface area contributed by atoms with Crippen LogP contribution in [-0.2, 0) is 9.59 Å². The maximum atomic E-state index is 10.4. The first-order valence-electron chi connectivity index (χ1n) is 5.27. The van der Waals surface area contributed by atoms with Crippen molar-refractivity contribution in [1.29, 1.82) is 0 Å². The van der Waals surface area contributed by atoms with Crippen molar-refractivity contribution in [2.45, 2.75) is 49.0 Å². The van der Waals surface area contributed by atoms with Crippen molar-refractivity contribution < 1.29 is 19.8 Å². The molecule has 0 aromatic carbocycles. The van der Waals surface area contributed by atoms with Crippen molar-refractivity contribution >= 4 is 37.2 Å². The summed E-state index contributed by atoms with van der Waals surface area (Å²) in [6, 6.07) is 0. The summed E-state index contributed by atoms with van der Waals surface area (Å²) in [6.07, 6.45) is 4.55.